The van der Waals surface area contributed by atoms with E-state index in [0.717, 1.165) is 28.7 Å². The highest BCUT2D eigenvalue weighted by Crippen LogP contribution is 2.59. The first-order valence-electron chi connectivity index (χ1n) is 14.0. The zero-order valence-electron chi connectivity index (χ0n) is 24.0. The van der Waals surface area contributed by atoms with Crippen LogP contribution in [0.1, 0.15) is 67.1 Å². The molecule has 1 saturated carbocycles. The molecular weight excluding hydrogens is 516 g/mol. The molecule has 3 heterocycles. The molecule has 2 fully saturated rings. The summed E-state index contributed by atoms with van der Waals surface area (Å²) in [4.78, 5) is 50.2. The van der Waals surface area contributed by atoms with E-state index < -0.39 is 6.04 Å². The number of hydrogen-bond acceptors (Lipinski definition) is 6. The van der Waals surface area contributed by atoms with Gasteiger partial charge in [-0.1, -0.05) is 42.8 Å². The highest BCUT2D eigenvalue weighted by Gasteiger charge is 2.64. The van der Waals surface area contributed by atoms with Gasteiger partial charge in [-0.05, 0) is 62.3 Å². The first-order chi connectivity index (χ1) is 19.5. The maximum Gasteiger partial charge on any atom is 0.245 e. The summed E-state index contributed by atoms with van der Waals surface area (Å²) in [6, 6.07) is 13.1. The summed E-state index contributed by atoms with van der Waals surface area (Å²) in [6.07, 6.45) is 5.01. The molecule has 1 unspecified atom stereocenters. The molecule has 9 nitrogen and oxygen atoms in total. The Bertz CT molecular complexity index is 1680. The van der Waals surface area contributed by atoms with Gasteiger partial charge in [-0.2, -0.15) is 5.10 Å². The molecule has 41 heavy (non-hydrogen) atoms. The Morgan fingerprint density at radius 2 is 1.73 bits per heavy atom. The average molecular weight is 551 g/mol. The number of aromatic nitrogens is 4. The van der Waals surface area contributed by atoms with E-state index >= 15 is 0 Å². The smallest absolute Gasteiger partial charge is 0.245 e. The normalized spacial score (nSPS) is 21.9. The van der Waals surface area contributed by atoms with Crippen molar-refractivity contribution in [1.82, 2.24) is 30.0 Å². The number of rotatable bonds is 7. The van der Waals surface area contributed by atoms with E-state index in [0.29, 0.717) is 28.8 Å². The second-order valence-corrected chi connectivity index (χ2v) is 11.8. The minimum atomic E-state index is -0.540. The van der Waals surface area contributed by atoms with Gasteiger partial charge < -0.3 is 10.2 Å². The number of Topliss-reactive ketones (excluding diaryl/α,β-unsaturated/α-hetero) is 1. The van der Waals surface area contributed by atoms with E-state index in [-0.39, 0.29) is 41.6 Å². The van der Waals surface area contributed by atoms with Crippen LogP contribution >= 0.6 is 0 Å². The van der Waals surface area contributed by atoms with Crippen LogP contribution in [0.4, 0.5) is 0 Å². The van der Waals surface area contributed by atoms with Crippen molar-refractivity contribution in [2.24, 2.45) is 5.41 Å². The predicted octanol–water partition coefficient (Wildman–Crippen LogP) is 4.57. The highest BCUT2D eigenvalue weighted by atomic mass is 16.2. The Kier molecular flexibility index (Phi) is 6.47. The van der Waals surface area contributed by atoms with Crippen LogP contribution in [0.2, 0.25) is 0 Å². The minimum absolute atomic E-state index is 0.0303. The lowest BCUT2D eigenvalue weighted by molar-refractivity contribution is -0.140. The van der Waals surface area contributed by atoms with Gasteiger partial charge in [0.15, 0.2) is 5.78 Å². The lowest BCUT2D eigenvalue weighted by Crippen LogP contribution is -2.49. The fourth-order valence-corrected chi connectivity index (χ4v) is 6.10. The third kappa shape index (κ3) is 4.90. The monoisotopic (exact) mass is 550 g/mol. The largest absolute Gasteiger partial charge is 0.348 e. The lowest BCUT2D eigenvalue weighted by Gasteiger charge is -2.28. The van der Waals surface area contributed by atoms with Gasteiger partial charge in [0.05, 0.1) is 11.6 Å². The maximum atomic E-state index is 13.8. The first-order valence-corrected chi connectivity index (χ1v) is 14.0. The number of hydrogen-bond donors (Lipinski definition) is 1. The van der Waals surface area contributed by atoms with E-state index in [4.69, 9.17) is 0 Å². The van der Waals surface area contributed by atoms with E-state index in [9.17, 15) is 14.4 Å². The van der Waals surface area contributed by atoms with E-state index in [1.165, 1.54) is 6.92 Å². The van der Waals surface area contributed by atoms with Crippen molar-refractivity contribution < 1.29 is 14.4 Å². The number of carbonyl (C=O) groups excluding carboxylic acids is 3. The van der Waals surface area contributed by atoms with Crippen LogP contribution < -0.4 is 5.32 Å². The molecule has 0 bridgehead atoms. The van der Waals surface area contributed by atoms with Gasteiger partial charge in [-0.25, -0.2) is 9.97 Å². The van der Waals surface area contributed by atoms with E-state index in [1.54, 1.807) is 22.0 Å². The maximum absolute atomic E-state index is 13.8. The van der Waals surface area contributed by atoms with Crippen LogP contribution in [0.5, 0.6) is 0 Å². The van der Waals surface area contributed by atoms with E-state index in [1.807, 2.05) is 63.2 Å². The average Bonchev–Trinajstić information content (AvgIpc) is 3.30. The van der Waals surface area contributed by atoms with Crippen LogP contribution in [-0.2, 0) is 16.1 Å². The molecule has 1 N–H and O–H groups in total. The Balaban J connectivity index is 1.25. The Morgan fingerprint density at radius 3 is 2.41 bits per heavy atom. The number of ketones is 1. The summed E-state index contributed by atoms with van der Waals surface area (Å²) < 4.78 is 1.59. The van der Waals surface area contributed by atoms with Gasteiger partial charge in [0.1, 0.15) is 24.1 Å². The van der Waals surface area contributed by atoms with Crippen molar-refractivity contribution in [3.8, 4) is 11.1 Å². The Morgan fingerprint density at radius 1 is 1.02 bits per heavy atom. The molecule has 9 heteroatoms. The molecule has 2 aromatic heterocycles. The second kappa shape index (κ2) is 9.90. The fourth-order valence-electron chi connectivity index (χ4n) is 6.10. The second-order valence-electron chi connectivity index (χ2n) is 11.8. The number of carbonyl (C=O) groups is 3. The Labute approximate surface area is 239 Å². The quantitative estimate of drug-likeness (QED) is 0.338. The number of piperidine rings is 1. The van der Waals surface area contributed by atoms with Gasteiger partial charge in [0, 0.05) is 36.3 Å². The van der Waals surface area contributed by atoms with Gasteiger partial charge in [-0.15, -0.1) is 0 Å². The summed E-state index contributed by atoms with van der Waals surface area (Å²) in [6.45, 7) is 9.37. The molecule has 2 aliphatic rings. The number of benzene rings is 2. The molecule has 6 rings (SSSR count). The molecule has 0 radical (unpaired) electrons. The molecule has 1 saturated heterocycles. The van der Waals surface area contributed by atoms with Crippen LogP contribution in [0.25, 0.3) is 22.0 Å². The van der Waals surface area contributed by atoms with Gasteiger partial charge in [0.2, 0.25) is 11.8 Å². The molecule has 4 atom stereocenters. The topological polar surface area (TPSA) is 110 Å². The summed E-state index contributed by atoms with van der Waals surface area (Å²) in [5.74, 6) is 0.182. The van der Waals surface area contributed by atoms with Crippen LogP contribution in [0.3, 0.4) is 0 Å². The lowest BCUT2D eigenvalue weighted by atomic mass is 10.0. The van der Waals surface area contributed by atoms with Gasteiger partial charge in [0.25, 0.3) is 0 Å². The fraction of sp³-hybridized carbons (Fsp3) is 0.375. The van der Waals surface area contributed by atoms with Crippen molar-refractivity contribution in [3.05, 3.63) is 77.5 Å². The first kappa shape index (κ1) is 26.8. The SMILES string of the molecule is CC(=O)c1nn(CC(=O)N2[C@H](C(=O)NC(C)c3ccc(C)cc3)C[C@@]3(C)C[C@@H]23)c2ccc(-c3cnc(C)nc3)cc12. The molecule has 2 aromatic carbocycles. The zero-order chi connectivity index (χ0) is 29.1. The summed E-state index contributed by atoms with van der Waals surface area (Å²) >= 11 is 0. The van der Waals surface area contributed by atoms with Crippen molar-refractivity contribution in [3.63, 3.8) is 0 Å². The molecule has 210 valence electrons. The van der Waals surface area contributed by atoms with Crippen molar-refractivity contribution >= 4 is 28.5 Å². The molecule has 0 spiro atoms. The third-order valence-corrected chi connectivity index (χ3v) is 8.65. The zero-order valence-corrected chi connectivity index (χ0v) is 24.0. The predicted molar refractivity (Wildman–Crippen MR) is 155 cm³/mol. The molecule has 1 aliphatic heterocycles. The van der Waals surface area contributed by atoms with Crippen molar-refractivity contribution in [1.29, 1.82) is 0 Å². The number of fused-ring (bicyclic) bond motifs is 2. The van der Waals surface area contributed by atoms with Crippen molar-refractivity contribution in [2.75, 3.05) is 0 Å². The van der Waals surface area contributed by atoms with Crippen molar-refractivity contribution in [2.45, 2.75) is 72.1 Å². The Hall–Kier alpha value is -4.40. The van der Waals surface area contributed by atoms with Gasteiger partial charge >= 0.3 is 0 Å². The van der Waals surface area contributed by atoms with Crippen LogP contribution in [-0.4, -0.2) is 54.3 Å². The number of likely N-dealkylation sites (tertiary alicyclic amines) is 1. The standard InChI is InChI=1S/C32H34N6O3/c1-18-6-8-22(9-7-18)19(2)35-31(41)27-13-32(5)14-28(32)38(27)29(40)17-37-26-11-10-23(24-15-33-21(4)34-16-24)12-25(26)30(36-37)20(3)39/h6-12,15-16,19,27-28H,13-14,17H2,1-5H3,(H,35,41)/t19?,27-,28+,32-/m0/s1. The van der Waals surface area contributed by atoms with Crippen LogP contribution in [0, 0.1) is 19.3 Å². The molecule has 4 aromatic rings. The third-order valence-electron chi connectivity index (χ3n) is 8.65. The molecular formula is C32H34N6O3. The minimum Gasteiger partial charge on any atom is -0.348 e. The molecule has 1 aliphatic carbocycles. The molecule has 2 amide bonds. The number of aryl methyl sites for hydroxylation is 2. The van der Waals surface area contributed by atoms with Crippen LogP contribution in [0.15, 0.2) is 54.9 Å². The summed E-state index contributed by atoms with van der Waals surface area (Å²) in [5.41, 5.74) is 4.81. The summed E-state index contributed by atoms with van der Waals surface area (Å²) in [7, 11) is 0. The number of nitrogens with zero attached hydrogens (tertiary/aromatic N) is 5. The highest BCUT2D eigenvalue weighted by molar-refractivity contribution is 6.06. The van der Waals surface area contributed by atoms with Gasteiger partial charge in [-0.3, -0.25) is 19.1 Å². The summed E-state index contributed by atoms with van der Waals surface area (Å²) in [5, 5.41) is 8.36. The van der Waals surface area contributed by atoms with E-state index in [2.05, 4.69) is 27.3 Å². The number of amides is 2. The number of nitrogens with one attached hydrogen (secondary N) is 1.